The van der Waals surface area contributed by atoms with E-state index in [1.54, 1.807) is 0 Å². The first-order valence-electron chi connectivity index (χ1n) is 7.66. The topological polar surface area (TPSA) is 32.3 Å². The van der Waals surface area contributed by atoms with Crippen molar-refractivity contribution < 1.29 is 4.79 Å². The molecule has 3 atom stereocenters. The summed E-state index contributed by atoms with van der Waals surface area (Å²) in [4.78, 5) is 14.2. The number of amides is 1. The van der Waals surface area contributed by atoms with Crippen LogP contribution >= 0.6 is 0 Å². The molecule has 0 radical (unpaired) electrons. The fourth-order valence-electron chi connectivity index (χ4n) is 3.43. The summed E-state index contributed by atoms with van der Waals surface area (Å²) in [7, 11) is 2.01. The maximum Gasteiger partial charge on any atom is 0.222 e. The van der Waals surface area contributed by atoms with Crippen LogP contribution in [0.2, 0.25) is 0 Å². The zero-order chi connectivity index (χ0) is 13.0. The highest BCUT2D eigenvalue weighted by atomic mass is 16.2. The Bertz CT molecular complexity index is 274. The van der Waals surface area contributed by atoms with Crippen molar-refractivity contribution in [2.45, 2.75) is 70.4 Å². The maximum absolute atomic E-state index is 12.2. The Balaban J connectivity index is 1.73. The van der Waals surface area contributed by atoms with E-state index in [1.165, 1.54) is 38.5 Å². The van der Waals surface area contributed by atoms with Crippen LogP contribution in [0.1, 0.15) is 58.3 Å². The molecule has 2 fully saturated rings. The number of carbonyl (C=O) groups excluding carboxylic acids is 1. The third-order valence-corrected chi connectivity index (χ3v) is 4.72. The Morgan fingerprint density at radius 2 is 2.11 bits per heavy atom. The van der Waals surface area contributed by atoms with Crippen molar-refractivity contribution in [3.63, 3.8) is 0 Å². The second-order valence-corrected chi connectivity index (χ2v) is 6.26. The monoisotopic (exact) mass is 252 g/mol. The van der Waals surface area contributed by atoms with Gasteiger partial charge in [-0.05, 0) is 44.6 Å². The minimum absolute atomic E-state index is 0.350. The summed E-state index contributed by atoms with van der Waals surface area (Å²) in [6.45, 7) is 3.45. The van der Waals surface area contributed by atoms with Crippen molar-refractivity contribution >= 4 is 5.91 Å². The van der Waals surface area contributed by atoms with Gasteiger partial charge < -0.3 is 10.2 Å². The van der Waals surface area contributed by atoms with Crippen LogP contribution in [-0.2, 0) is 4.79 Å². The zero-order valence-electron chi connectivity index (χ0n) is 12.0. The van der Waals surface area contributed by atoms with E-state index < -0.39 is 0 Å². The van der Waals surface area contributed by atoms with Gasteiger partial charge in [-0.1, -0.05) is 19.8 Å². The van der Waals surface area contributed by atoms with Gasteiger partial charge in [-0.15, -0.1) is 0 Å². The van der Waals surface area contributed by atoms with E-state index in [9.17, 15) is 4.79 Å². The van der Waals surface area contributed by atoms with Crippen molar-refractivity contribution in [2.75, 3.05) is 13.6 Å². The maximum atomic E-state index is 12.2. The van der Waals surface area contributed by atoms with Crippen LogP contribution in [-0.4, -0.2) is 36.5 Å². The van der Waals surface area contributed by atoms with E-state index >= 15 is 0 Å². The van der Waals surface area contributed by atoms with Gasteiger partial charge in [0.1, 0.15) is 0 Å². The number of hydrogen-bond acceptors (Lipinski definition) is 2. The van der Waals surface area contributed by atoms with Crippen LogP contribution in [0.4, 0.5) is 0 Å². The third kappa shape index (κ3) is 3.71. The van der Waals surface area contributed by atoms with Crippen LogP contribution in [0.15, 0.2) is 0 Å². The van der Waals surface area contributed by atoms with Gasteiger partial charge in [-0.2, -0.15) is 0 Å². The fourth-order valence-corrected chi connectivity index (χ4v) is 3.43. The van der Waals surface area contributed by atoms with Gasteiger partial charge in [-0.3, -0.25) is 4.79 Å². The van der Waals surface area contributed by atoms with Crippen LogP contribution in [0, 0.1) is 5.92 Å². The molecule has 3 nitrogen and oxygen atoms in total. The Morgan fingerprint density at radius 3 is 2.78 bits per heavy atom. The van der Waals surface area contributed by atoms with Crippen molar-refractivity contribution in [3.8, 4) is 0 Å². The predicted molar refractivity (Wildman–Crippen MR) is 74.4 cm³/mol. The van der Waals surface area contributed by atoms with Crippen molar-refractivity contribution in [3.05, 3.63) is 0 Å². The molecule has 1 N–H and O–H groups in total. The van der Waals surface area contributed by atoms with E-state index in [0.29, 0.717) is 18.0 Å². The Morgan fingerprint density at radius 1 is 1.28 bits per heavy atom. The summed E-state index contributed by atoms with van der Waals surface area (Å²) in [5.41, 5.74) is 0. The second kappa shape index (κ2) is 6.55. The molecular weight excluding hydrogens is 224 g/mol. The van der Waals surface area contributed by atoms with Gasteiger partial charge in [0.2, 0.25) is 5.91 Å². The van der Waals surface area contributed by atoms with E-state index in [1.807, 2.05) is 11.9 Å². The lowest BCUT2D eigenvalue weighted by molar-refractivity contribution is -0.133. The predicted octanol–water partition coefficient (Wildman–Crippen LogP) is 2.56. The van der Waals surface area contributed by atoms with Crippen LogP contribution in [0.25, 0.3) is 0 Å². The molecule has 1 saturated carbocycles. The standard InChI is InChI=1S/C15H28N2O/c1-12-5-3-7-14(11-12)17(2)15(18)9-8-13-6-4-10-16-13/h12-14,16H,3-11H2,1-2H3. The molecule has 0 bridgehead atoms. The Kier molecular flexibility index (Phi) is 5.04. The lowest BCUT2D eigenvalue weighted by atomic mass is 9.86. The molecule has 1 aliphatic heterocycles. The van der Waals surface area contributed by atoms with Crippen LogP contribution in [0.5, 0.6) is 0 Å². The normalized spacial score (nSPS) is 32.4. The number of hydrogen-bond donors (Lipinski definition) is 1. The van der Waals surface area contributed by atoms with E-state index in [0.717, 1.165) is 25.3 Å². The van der Waals surface area contributed by atoms with Crippen LogP contribution in [0.3, 0.4) is 0 Å². The van der Waals surface area contributed by atoms with Gasteiger partial charge >= 0.3 is 0 Å². The largest absolute Gasteiger partial charge is 0.343 e. The summed E-state index contributed by atoms with van der Waals surface area (Å²) in [6, 6.07) is 1.09. The van der Waals surface area contributed by atoms with Gasteiger partial charge in [0.15, 0.2) is 0 Å². The molecule has 1 heterocycles. The quantitative estimate of drug-likeness (QED) is 0.834. The summed E-state index contributed by atoms with van der Waals surface area (Å²) < 4.78 is 0. The summed E-state index contributed by atoms with van der Waals surface area (Å²) in [6.07, 6.45) is 9.28. The van der Waals surface area contributed by atoms with Crippen molar-refractivity contribution in [1.82, 2.24) is 10.2 Å². The first kappa shape index (κ1) is 13.9. The molecule has 0 aromatic heterocycles. The Labute approximate surface area is 111 Å². The van der Waals surface area contributed by atoms with Crippen LogP contribution < -0.4 is 5.32 Å². The molecule has 1 aliphatic carbocycles. The molecule has 0 aromatic carbocycles. The lowest BCUT2D eigenvalue weighted by Gasteiger charge is -2.34. The fraction of sp³-hybridized carbons (Fsp3) is 0.933. The molecular formula is C15H28N2O. The summed E-state index contributed by atoms with van der Waals surface area (Å²) in [5.74, 6) is 1.14. The lowest BCUT2D eigenvalue weighted by Crippen LogP contribution is -2.40. The molecule has 3 unspecified atom stereocenters. The molecule has 0 spiro atoms. The molecule has 2 aliphatic rings. The molecule has 1 amide bonds. The molecule has 1 saturated heterocycles. The smallest absolute Gasteiger partial charge is 0.222 e. The third-order valence-electron chi connectivity index (χ3n) is 4.72. The zero-order valence-corrected chi connectivity index (χ0v) is 12.0. The highest BCUT2D eigenvalue weighted by Crippen LogP contribution is 2.27. The summed E-state index contributed by atoms with van der Waals surface area (Å²) in [5, 5.41) is 3.47. The minimum atomic E-state index is 0.350. The molecule has 3 heteroatoms. The number of carbonyl (C=O) groups is 1. The van der Waals surface area contributed by atoms with Crippen molar-refractivity contribution in [1.29, 1.82) is 0 Å². The highest BCUT2D eigenvalue weighted by molar-refractivity contribution is 5.76. The average molecular weight is 252 g/mol. The SMILES string of the molecule is CC1CCCC(N(C)C(=O)CCC2CCCN2)C1. The second-order valence-electron chi connectivity index (χ2n) is 6.26. The van der Waals surface area contributed by atoms with Gasteiger partial charge in [0, 0.05) is 25.6 Å². The van der Waals surface area contributed by atoms with Gasteiger partial charge in [0.25, 0.3) is 0 Å². The van der Waals surface area contributed by atoms with E-state index in [-0.39, 0.29) is 0 Å². The van der Waals surface area contributed by atoms with Crippen molar-refractivity contribution in [2.24, 2.45) is 5.92 Å². The minimum Gasteiger partial charge on any atom is -0.343 e. The average Bonchev–Trinajstić information content (AvgIpc) is 2.88. The number of nitrogens with zero attached hydrogens (tertiary/aromatic N) is 1. The van der Waals surface area contributed by atoms with Gasteiger partial charge in [0.05, 0.1) is 0 Å². The highest BCUT2D eigenvalue weighted by Gasteiger charge is 2.25. The van der Waals surface area contributed by atoms with Gasteiger partial charge in [-0.25, -0.2) is 0 Å². The molecule has 2 rings (SSSR count). The first-order valence-corrected chi connectivity index (χ1v) is 7.66. The number of rotatable bonds is 4. The van der Waals surface area contributed by atoms with E-state index in [4.69, 9.17) is 0 Å². The summed E-state index contributed by atoms with van der Waals surface area (Å²) >= 11 is 0. The van der Waals surface area contributed by atoms with E-state index in [2.05, 4.69) is 12.2 Å². The number of nitrogens with one attached hydrogen (secondary N) is 1. The Hall–Kier alpha value is -0.570. The molecule has 0 aromatic rings. The molecule has 18 heavy (non-hydrogen) atoms. The first-order chi connectivity index (χ1) is 8.66. The molecule has 104 valence electrons.